The minimum absolute atomic E-state index is 0.164. The minimum Gasteiger partial charge on any atom is -0.462 e. The van der Waals surface area contributed by atoms with Gasteiger partial charge in [0.25, 0.3) is 0 Å². The van der Waals surface area contributed by atoms with Crippen LogP contribution in [-0.2, 0) is 35.2 Å². The van der Waals surface area contributed by atoms with Gasteiger partial charge in [-0.25, -0.2) is 9.59 Å². The zero-order valence-corrected chi connectivity index (χ0v) is 12.4. The first-order valence-corrected chi connectivity index (χ1v) is 6.67. The highest BCUT2D eigenvalue weighted by Crippen LogP contribution is 2.01. The Labute approximate surface area is 128 Å². The summed E-state index contributed by atoms with van der Waals surface area (Å²) in [5.74, 6) is -2.15. The molecule has 0 atom stereocenters. The molecule has 0 heterocycles. The molecule has 0 aliphatic heterocycles. The molecule has 1 aromatic carbocycles. The molecule has 0 unspecified atom stereocenters. The fourth-order valence-electron chi connectivity index (χ4n) is 1.38. The molecule has 0 fully saturated rings. The zero-order valence-electron chi connectivity index (χ0n) is 12.4. The van der Waals surface area contributed by atoms with Crippen LogP contribution in [0.15, 0.2) is 42.5 Å². The van der Waals surface area contributed by atoms with Crippen molar-refractivity contribution in [2.24, 2.45) is 0 Å². The number of carbonyl (C=O) groups excluding carboxylic acids is 3. The van der Waals surface area contributed by atoms with Crippen molar-refractivity contribution in [2.45, 2.75) is 20.0 Å². The molecular weight excluding hydrogens is 288 g/mol. The Morgan fingerprint density at radius 3 is 2.41 bits per heavy atom. The van der Waals surface area contributed by atoms with Crippen LogP contribution in [0.1, 0.15) is 18.9 Å². The van der Waals surface area contributed by atoms with E-state index < -0.39 is 17.9 Å². The van der Waals surface area contributed by atoms with Crippen molar-refractivity contribution >= 4 is 17.9 Å². The van der Waals surface area contributed by atoms with Gasteiger partial charge in [-0.1, -0.05) is 36.9 Å². The van der Waals surface area contributed by atoms with Crippen LogP contribution in [0, 0.1) is 0 Å². The summed E-state index contributed by atoms with van der Waals surface area (Å²) in [6.07, 6.45) is -0.205. The van der Waals surface area contributed by atoms with Gasteiger partial charge in [0.1, 0.15) is 13.2 Å². The number of hydrogen-bond donors (Lipinski definition) is 0. The predicted molar refractivity (Wildman–Crippen MR) is 77.6 cm³/mol. The Morgan fingerprint density at radius 2 is 1.77 bits per heavy atom. The lowest BCUT2D eigenvalue weighted by Crippen LogP contribution is -2.19. The molecule has 0 saturated carbocycles. The van der Waals surface area contributed by atoms with Gasteiger partial charge in [-0.05, 0) is 12.5 Å². The van der Waals surface area contributed by atoms with E-state index in [2.05, 4.69) is 11.3 Å². The van der Waals surface area contributed by atoms with E-state index >= 15 is 0 Å². The van der Waals surface area contributed by atoms with E-state index in [-0.39, 0.29) is 31.8 Å². The van der Waals surface area contributed by atoms with Crippen LogP contribution >= 0.6 is 0 Å². The largest absolute Gasteiger partial charge is 0.462 e. The van der Waals surface area contributed by atoms with Crippen molar-refractivity contribution in [1.29, 1.82) is 0 Å². The Balaban J connectivity index is 2.15. The fraction of sp³-hybridized carbons (Fsp3) is 0.312. The molecule has 1 rings (SSSR count). The molecule has 0 saturated heterocycles. The number of rotatable bonds is 8. The van der Waals surface area contributed by atoms with E-state index in [9.17, 15) is 14.4 Å². The summed E-state index contributed by atoms with van der Waals surface area (Å²) in [6.45, 7) is 4.65. The number of benzene rings is 1. The van der Waals surface area contributed by atoms with Crippen molar-refractivity contribution in [3.63, 3.8) is 0 Å². The summed E-state index contributed by atoms with van der Waals surface area (Å²) in [5, 5.41) is 0. The highest BCUT2D eigenvalue weighted by atomic mass is 16.6. The van der Waals surface area contributed by atoms with Gasteiger partial charge < -0.3 is 14.2 Å². The lowest BCUT2D eigenvalue weighted by Gasteiger charge is -2.05. The van der Waals surface area contributed by atoms with Crippen molar-refractivity contribution < 1.29 is 28.6 Å². The topological polar surface area (TPSA) is 78.9 Å². The van der Waals surface area contributed by atoms with E-state index in [1.165, 1.54) is 6.92 Å². The van der Waals surface area contributed by atoms with Crippen LogP contribution in [-0.4, -0.2) is 31.1 Å². The molecule has 0 amide bonds. The molecule has 6 heteroatoms. The Morgan fingerprint density at radius 1 is 1.09 bits per heavy atom. The first-order chi connectivity index (χ1) is 10.5. The van der Waals surface area contributed by atoms with Crippen molar-refractivity contribution in [1.82, 2.24) is 0 Å². The molecule has 1 aromatic rings. The van der Waals surface area contributed by atoms with E-state index in [1.54, 1.807) is 0 Å². The van der Waals surface area contributed by atoms with Crippen LogP contribution in [0.4, 0.5) is 0 Å². The molecule has 0 aliphatic carbocycles. The number of carbonyl (C=O) groups is 3. The van der Waals surface area contributed by atoms with E-state index in [0.717, 1.165) is 5.56 Å². The predicted octanol–water partition coefficient (Wildman–Crippen LogP) is 1.78. The van der Waals surface area contributed by atoms with Gasteiger partial charge in [-0.3, -0.25) is 4.79 Å². The van der Waals surface area contributed by atoms with Crippen LogP contribution < -0.4 is 0 Å². The highest BCUT2D eigenvalue weighted by molar-refractivity contribution is 5.88. The van der Waals surface area contributed by atoms with E-state index in [1.807, 2.05) is 30.3 Å². The quantitative estimate of drug-likeness (QED) is 0.414. The highest BCUT2D eigenvalue weighted by Gasteiger charge is 2.12. The van der Waals surface area contributed by atoms with Gasteiger partial charge in [0.05, 0.1) is 13.0 Å². The summed E-state index contributed by atoms with van der Waals surface area (Å²) < 4.78 is 14.4. The first-order valence-electron chi connectivity index (χ1n) is 6.67. The van der Waals surface area contributed by atoms with E-state index in [0.29, 0.717) is 0 Å². The molecule has 0 N–H and O–H groups in total. The van der Waals surface area contributed by atoms with Crippen LogP contribution in [0.25, 0.3) is 0 Å². The van der Waals surface area contributed by atoms with Crippen molar-refractivity contribution in [3.05, 3.63) is 48.0 Å². The van der Waals surface area contributed by atoms with Crippen molar-refractivity contribution in [2.75, 3.05) is 13.2 Å². The summed E-state index contributed by atoms with van der Waals surface area (Å²) >= 11 is 0. The third-order valence-corrected chi connectivity index (χ3v) is 2.45. The van der Waals surface area contributed by atoms with Gasteiger partial charge in [0.2, 0.25) is 0 Å². The number of hydrogen-bond acceptors (Lipinski definition) is 6. The molecule has 0 aromatic heterocycles. The van der Waals surface area contributed by atoms with Gasteiger partial charge in [-0.15, -0.1) is 0 Å². The lowest BCUT2D eigenvalue weighted by atomic mass is 10.2. The molecule has 0 bridgehead atoms. The third-order valence-electron chi connectivity index (χ3n) is 2.45. The van der Waals surface area contributed by atoms with Crippen molar-refractivity contribution in [3.8, 4) is 0 Å². The summed E-state index contributed by atoms with van der Waals surface area (Å²) in [4.78, 5) is 33.7. The molecule has 0 aliphatic rings. The Kier molecular flexibility index (Phi) is 7.56. The Hall–Kier alpha value is -2.47. The molecule has 0 radical (unpaired) electrons. The maximum Gasteiger partial charge on any atom is 0.339 e. The Bertz CT molecular complexity index is 535. The maximum atomic E-state index is 11.4. The molecule has 6 nitrogen and oxygen atoms in total. The second-order valence-electron chi connectivity index (χ2n) is 4.49. The maximum absolute atomic E-state index is 11.4. The second-order valence-corrected chi connectivity index (χ2v) is 4.49. The number of esters is 3. The van der Waals surface area contributed by atoms with Gasteiger partial charge in [0, 0.05) is 5.57 Å². The van der Waals surface area contributed by atoms with Crippen LogP contribution in [0.3, 0.4) is 0 Å². The normalized spacial score (nSPS) is 9.86. The summed E-state index contributed by atoms with van der Waals surface area (Å²) in [7, 11) is 0. The fourth-order valence-corrected chi connectivity index (χ4v) is 1.38. The average molecular weight is 306 g/mol. The molecule has 118 valence electrons. The zero-order chi connectivity index (χ0) is 16.4. The van der Waals surface area contributed by atoms with E-state index in [4.69, 9.17) is 9.47 Å². The summed E-state index contributed by atoms with van der Waals surface area (Å²) in [5.41, 5.74) is 1.15. The number of ether oxygens (including phenoxy) is 3. The van der Waals surface area contributed by atoms with Crippen LogP contribution in [0.5, 0.6) is 0 Å². The van der Waals surface area contributed by atoms with Crippen LogP contribution in [0.2, 0.25) is 0 Å². The second kappa shape index (κ2) is 9.46. The standard InChI is InChI=1S/C16H18O6/c1-12(2)16(19)21-9-8-14(17)22-15(18)11-20-10-13-6-4-3-5-7-13/h3-7H,1,8-11H2,2H3. The average Bonchev–Trinajstić information content (AvgIpc) is 2.48. The lowest BCUT2D eigenvalue weighted by molar-refractivity contribution is -0.163. The van der Waals surface area contributed by atoms with Gasteiger partial charge >= 0.3 is 17.9 Å². The molecule has 0 spiro atoms. The smallest absolute Gasteiger partial charge is 0.339 e. The molecular formula is C16H18O6. The third kappa shape index (κ3) is 7.35. The first kappa shape index (κ1) is 17.6. The molecule has 22 heavy (non-hydrogen) atoms. The monoisotopic (exact) mass is 306 g/mol. The van der Waals surface area contributed by atoms with Gasteiger partial charge in [0.15, 0.2) is 0 Å². The van der Waals surface area contributed by atoms with Gasteiger partial charge in [-0.2, -0.15) is 0 Å². The minimum atomic E-state index is -0.785. The summed E-state index contributed by atoms with van der Waals surface area (Å²) in [6, 6.07) is 9.29. The SMILES string of the molecule is C=C(C)C(=O)OCCC(=O)OC(=O)COCc1ccccc1.